The first-order chi connectivity index (χ1) is 9.61. The van der Waals surface area contributed by atoms with Crippen LogP contribution in [-0.4, -0.2) is 25.8 Å². The van der Waals surface area contributed by atoms with Gasteiger partial charge in [-0.2, -0.15) is 5.10 Å². The van der Waals surface area contributed by atoms with Gasteiger partial charge in [0, 0.05) is 6.54 Å². The monoisotopic (exact) mass is 275 g/mol. The first-order valence-electron chi connectivity index (χ1n) is 6.45. The predicted molar refractivity (Wildman–Crippen MR) is 72.8 cm³/mol. The van der Waals surface area contributed by atoms with Crippen molar-refractivity contribution in [1.29, 1.82) is 0 Å². The van der Waals surface area contributed by atoms with Crippen molar-refractivity contribution in [2.24, 2.45) is 0 Å². The quantitative estimate of drug-likeness (QED) is 0.875. The summed E-state index contributed by atoms with van der Waals surface area (Å²) in [5.74, 6) is 0.312. The number of hydrogen-bond donors (Lipinski definition) is 1. The fourth-order valence-electron chi connectivity index (χ4n) is 1.83. The molecule has 0 saturated carbocycles. The highest BCUT2D eigenvalue weighted by Gasteiger charge is 2.09. The summed E-state index contributed by atoms with van der Waals surface area (Å²) in [5, 5.41) is 13.1. The number of aromatic nitrogens is 3. The predicted octanol–water partition coefficient (Wildman–Crippen LogP) is 2.27. The van der Waals surface area contributed by atoms with Crippen LogP contribution >= 0.6 is 0 Å². The van der Waals surface area contributed by atoms with Gasteiger partial charge in [0.1, 0.15) is 18.7 Å². The molecule has 1 aromatic heterocycles. The third-order valence-corrected chi connectivity index (χ3v) is 2.92. The van der Waals surface area contributed by atoms with E-state index in [2.05, 4.69) is 17.0 Å². The van der Waals surface area contributed by atoms with Gasteiger partial charge in [-0.05, 0) is 31.0 Å². The van der Waals surface area contributed by atoms with Gasteiger partial charge < -0.3 is 9.84 Å². The van der Waals surface area contributed by atoms with Gasteiger partial charge in [0.25, 0.3) is 0 Å². The molecule has 2 rings (SSSR count). The molecule has 0 unspecified atom stereocenters. The first-order valence-corrected chi connectivity index (χ1v) is 6.45. The molecule has 0 saturated heterocycles. The maximum absolute atomic E-state index is 11.0. The van der Waals surface area contributed by atoms with Gasteiger partial charge in [-0.15, -0.1) is 0 Å². The van der Waals surface area contributed by atoms with Gasteiger partial charge in [-0.25, -0.2) is 14.5 Å². The van der Waals surface area contributed by atoms with E-state index in [9.17, 15) is 4.79 Å². The van der Waals surface area contributed by atoms with Gasteiger partial charge >= 0.3 is 5.97 Å². The Morgan fingerprint density at radius 1 is 1.45 bits per heavy atom. The summed E-state index contributed by atoms with van der Waals surface area (Å²) in [6, 6.07) is 4.82. The van der Waals surface area contributed by atoms with Crippen LogP contribution in [0.3, 0.4) is 0 Å². The molecule has 0 bridgehead atoms. The lowest BCUT2D eigenvalue weighted by Gasteiger charge is -2.10. The molecule has 0 spiro atoms. The smallest absolute Gasteiger partial charge is 0.335 e. The van der Waals surface area contributed by atoms with Gasteiger partial charge in [0.15, 0.2) is 5.82 Å². The highest BCUT2D eigenvalue weighted by Crippen LogP contribution is 2.20. The molecule has 6 heteroatoms. The van der Waals surface area contributed by atoms with Gasteiger partial charge in [-0.1, -0.05) is 13.0 Å². The Morgan fingerprint density at radius 3 is 2.95 bits per heavy atom. The minimum Gasteiger partial charge on any atom is -0.485 e. The van der Waals surface area contributed by atoms with Gasteiger partial charge in [0.05, 0.1) is 5.56 Å². The zero-order chi connectivity index (χ0) is 14.5. The molecule has 0 aliphatic heterocycles. The van der Waals surface area contributed by atoms with Crippen LogP contribution in [0.2, 0.25) is 0 Å². The maximum Gasteiger partial charge on any atom is 0.335 e. The fourth-order valence-corrected chi connectivity index (χ4v) is 1.83. The Labute approximate surface area is 117 Å². The molecular formula is C14H17N3O3. The summed E-state index contributed by atoms with van der Waals surface area (Å²) in [6.45, 7) is 4.99. The summed E-state index contributed by atoms with van der Waals surface area (Å²) in [7, 11) is 0. The van der Waals surface area contributed by atoms with Crippen molar-refractivity contribution in [3.63, 3.8) is 0 Å². The third-order valence-electron chi connectivity index (χ3n) is 2.92. The Kier molecular flexibility index (Phi) is 4.34. The lowest BCUT2D eigenvalue weighted by Crippen LogP contribution is -2.09. The van der Waals surface area contributed by atoms with E-state index in [0.717, 1.165) is 24.4 Å². The van der Waals surface area contributed by atoms with E-state index in [1.54, 1.807) is 16.8 Å². The first kappa shape index (κ1) is 14.0. The van der Waals surface area contributed by atoms with Crippen molar-refractivity contribution in [1.82, 2.24) is 14.8 Å². The Bertz CT molecular complexity index is 607. The van der Waals surface area contributed by atoms with Crippen molar-refractivity contribution in [2.45, 2.75) is 33.4 Å². The Hall–Kier alpha value is -2.37. The third kappa shape index (κ3) is 3.14. The molecule has 0 atom stereocenters. The highest BCUT2D eigenvalue weighted by molar-refractivity contribution is 5.88. The molecule has 20 heavy (non-hydrogen) atoms. The summed E-state index contributed by atoms with van der Waals surface area (Å²) < 4.78 is 7.46. The second-order valence-electron chi connectivity index (χ2n) is 4.47. The number of ether oxygens (including phenoxy) is 1. The molecule has 0 aliphatic rings. The van der Waals surface area contributed by atoms with Crippen LogP contribution in [0, 0.1) is 6.92 Å². The zero-order valence-electron chi connectivity index (χ0n) is 11.5. The lowest BCUT2D eigenvalue weighted by molar-refractivity contribution is 0.0696. The van der Waals surface area contributed by atoms with E-state index in [0.29, 0.717) is 5.75 Å². The van der Waals surface area contributed by atoms with Crippen LogP contribution < -0.4 is 4.74 Å². The van der Waals surface area contributed by atoms with Crippen LogP contribution in [0.5, 0.6) is 5.75 Å². The van der Waals surface area contributed by atoms with Gasteiger partial charge in [0.2, 0.25) is 0 Å². The highest BCUT2D eigenvalue weighted by atomic mass is 16.5. The van der Waals surface area contributed by atoms with Crippen LogP contribution in [0.15, 0.2) is 24.5 Å². The molecule has 106 valence electrons. The number of carboxylic acid groups (broad SMARTS) is 1. The minimum atomic E-state index is -0.969. The normalized spacial score (nSPS) is 10.5. The van der Waals surface area contributed by atoms with Gasteiger partial charge in [-0.3, -0.25) is 0 Å². The van der Waals surface area contributed by atoms with Crippen molar-refractivity contribution in [3.05, 3.63) is 41.5 Å². The van der Waals surface area contributed by atoms with Crippen molar-refractivity contribution < 1.29 is 14.6 Å². The SMILES string of the molecule is CCCn1ncnc1COc1cc(C(=O)O)ccc1C. The van der Waals surface area contributed by atoms with Crippen molar-refractivity contribution in [2.75, 3.05) is 0 Å². The maximum atomic E-state index is 11.0. The average Bonchev–Trinajstić information content (AvgIpc) is 2.85. The van der Waals surface area contributed by atoms with E-state index >= 15 is 0 Å². The number of rotatable bonds is 6. The number of hydrogen-bond acceptors (Lipinski definition) is 4. The second kappa shape index (κ2) is 6.18. The van der Waals surface area contributed by atoms with Crippen molar-refractivity contribution in [3.8, 4) is 5.75 Å². The van der Waals surface area contributed by atoms with E-state index < -0.39 is 5.97 Å². The molecule has 0 radical (unpaired) electrons. The lowest BCUT2D eigenvalue weighted by atomic mass is 10.1. The fraction of sp³-hybridized carbons (Fsp3) is 0.357. The summed E-state index contributed by atoms with van der Waals surface area (Å²) in [5.41, 5.74) is 1.09. The molecule has 0 amide bonds. The van der Waals surface area contributed by atoms with Crippen LogP contribution in [-0.2, 0) is 13.2 Å². The standard InChI is InChI=1S/C14H17N3O3/c1-3-6-17-13(15-9-16-17)8-20-12-7-11(14(18)19)5-4-10(12)2/h4-5,7,9H,3,6,8H2,1-2H3,(H,18,19). The molecule has 1 aromatic carbocycles. The Morgan fingerprint density at radius 2 is 2.25 bits per heavy atom. The minimum absolute atomic E-state index is 0.209. The number of aromatic carboxylic acids is 1. The summed E-state index contributed by atoms with van der Waals surface area (Å²) in [6.07, 6.45) is 2.46. The average molecular weight is 275 g/mol. The molecule has 2 aromatic rings. The number of benzene rings is 1. The van der Waals surface area contributed by atoms with Crippen LogP contribution in [0.25, 0.3) is 0 Å². The zero-order valence-corrected chi connectivity index (χ0v) is 11.5. The number of carbonyl (C=O) groups is 1. The molecule has 1 heterocycles. The molecule has 1 N–H and O–H groups in total. The number of carboxylic acids is 1. The summed E-state index contributed by atoms with van der Waals surface area (Å²) in [4.78, 5) is 15.1. The second-order valence-corrected chi connectivity index (χ2v) is 4.47. The number of nitrogens with zero attached hydrogens (tertiary/aromatic N) is 3. The molecule has 0 fully saturated rings. The summed E-state index contributed by atoms with van der Waals surface area (Å²) >= 11 is 0. The Balaban J connectivity index is 2.12. The van der Waals surface area contributed by atoms with E-state index in [4.69, 9.17) is 9.84 Å². The van der Waals surface area contributed by atoms with Crippen molar-refractivity contribution >= 4 is 5.97 Å². The largest absolute Gasteiger partial charge is 0.485 e. The molecule has 6 nitrogen and oxygen atoms in total. The molecule has 0 aliphatic carbocycles. The van der Waals surface area contributed by atoms with E-state index in [1.165, 1.54) is 12.4 Å². The van der Waals surface area contributed by atoms with E-state index in [1.807, 2.05) is 6.92 Å². The number of aryl methyl sites for hydroxylation is 2. The van der Waals surface area contributed by atoms with Crippen LogP contribution in [0.1, 0.15) is 35.1 Å². The topological polar surface area (TPSA) is 77.2 Å². The van der Waals surface area contributed by atoms with E-state index in [-0.39, 0.29) is 12.2 Å². The van der Waals surface area contributed by atoms with Crippen LogP contribution in [0.4, 0.5) is 0 Å². The molecular weight excluding hydrogens is 258 g/mol.